The third-order valence-electron chi connectivity index (χ3n) is 4.93. The van der Waals surface area contributed by atoms with Crippen molar-refractivity contribution < 1.29 is 0 Å². The highest BCUT2D eigenvalue weighted by atomic mass is 32.1. The van der Waals surface area contributed by atoms with Gasteiger partial charge in [-0.05, 0) is 25.7 Å². The van der Waals surface area contributed by atoms with Crippen LogP contribution in [0, 0.1) is 0 Å². The lowest BCUT2D eigenvalue weighted by Crippen LogP contribution is -2.38. The zero-order valence-electron chi connectivity index (χ0n) is 15.0. The van der Waals surface area contributed by atoms with Gasteiger partial charge in [-0.1, -0.05) is 0 Å². The molecule has 4 rings (SSSR count). The van der Waals surface area contributed by atoms with Crippen molar-refractivity contribution in [2.45, 2.75) is 44.2 Å². The van der Waals surface area contributed by atoms with Gasteiger partial charge in [0.05, 0.1) is 5.01 Å². The Bertz CT molecular complexity index is 703. The molecular weight excluding hydrogens is 332 g/mol. The molecule has 2 aliphatic rings. The van der Waals surface area contributed by atoms with Crippen LogP contribution in [0.4, 0.5) is 11.6 Å². The van der Waals surface area contributed by atoms with E-state index in [-0.39, 0.29) is 0 Å². The van der Waals surface area contributed by atoms with E-state index >= 15 is 0 Å². The highest BCUT2D eigenvalue weighted by Crippen LogP contribution is 2.41. The Kier molecular flexibility index (Phi) is 4.85. The molecule has 2 aromatic heterocycles. The van der Waals surface area contributed by atoms with Crippen LogP contribution in [-0.2, 0) is 6.54 Å². The van der Waals surface area contributed by atoms with Crippen LogP contribution >= 0.6 is 11.3 Å². The summed E-state index contributed by atoms with van der Waals surface area (Å²) in [7, 11) is 4.00. The summed E-state index contributed by atoms with van der Waals surface area (Å²) in [5.74, 6) is 2.63. The first-order valence-corrected chi connectivity index (χ1v) is 9.92. The smallest absolute Gasteiger partial charge is 0.133 e. The number of nitrogens with zero attached hydrogens (tertiary/aromatic N) is 5. The predicted molar refractivity (Wildman–Crippen MR) is 102 cm³/mol. The van der Waals surface area contributed by atoms with Crippen LogP contribution in [0.2, 0.25) is 0 Å². The van der Waals surface area contributed by atoms with Crippen molar-refractivity contribution in [2.24, 2.45) is 0 Å². The van der Waals surface area contributed by atoms with Crippen LogP contribution in [0.1, 0.15) is 41.5 Å². The first-order valence-electron chi connectivity index (χ1n) is 9.10. The molecule has 0 radical (unpaired) electrons. The highest BCUT2D eigenvalue weighted by molar-refractivity contribution is 7.11. The second kappa shape index (κ2) is 7.25. The van der Waals surface area contributed by atoms with Crippen molar-refractivity contribution in [1.29, 1.82) is 0 Å². The lowest BCUT2D eigenvalue weighted by Gasteiger charge is -2.32. The van der Waals surface area contributed by atoms with Crippen LogP contribution in [-0.4, -0.2) is 53.1 Å². The maximum atomic E-state index is 4.60. The molecule has 0 unspecified atom stereocenters. The number of thiazole rings is 1. The molecule has 1 aliphatic carbocycles. The van der Waals surface area contributed by atoms with Gasteiger partial charge < -0.3 is 10.2 Å². The number of nitrogens with one attached hydrogen (secondary N) is 1. The maximum absolute atomic E-state index is 4.60. The fourth-order valence-electron chi connectivity index (χ4n) is 3.25. The third-order valence-corrected chi connectivity index (χ3v) is 6.07. The molecule has 1 aliphatic heterocycles. The minimum absolute atomic E-state index is 0.490. The SMILES string of the molecule is CN(C)c1cc(NC2CCN(Cc3cnc(C4CC4)s3)CC2)ncn1. The molecule has 0 amide bonds. The van der Waals surface area contributed by atoms with Crippen LogP contribution in [0.15, 0.2) is 18.6 Å². The summed E-state index contributed by atoms with van der Waals surface area (Å²) < 4.78 is 0. The quantitative estimate of drug-likeness (QED) is 0.857. The Labute approximate surface area is 153 Å². The number of hydrogen-bond acceptors (Lipinski definition) is 7. The van der Waals surface area contributed by atoms with Crippen molar-refractivity contribution in [1.82, 2.24) is 19.9 Å². The summed E-state index contributed by atoms with van der Waals surface area (Å²) in [4.78, 5) is 19.2. The van der Waals surface area contributed by atoms with E-state index in [1.807, 2.05) is 36.4 Å². The van der Waals surface area contributed by atoms with E-state index in [2.05, 4.69) is 31.4 Å². The number of rotatable bonds is 6. The Hall–Kier alpha value is -1.73. The van der Waals surface area contributed by atoms with Gasteiger partial charge in [-0.25, -0.2) is 15.0 Å². The van der Waals surface area contributed by atoms with Crippen molar-refractivity contribution in [3.05, 3.63) is 28.5 Å². The average molecular weight is 359 g/mol. The molecule has 1 saturated heterocycles. The van der Waals surface area contributed by atoms with Crippen LogP contribution < -0.4 is 10.2 Å². The van der Waals surface area contributed by atoms with Crippen LogP contribution in [0.25, 0.3) is 0 Å². The Morgan fingerprint density at radius 3 is 2.68 bits per heavy atom. The number of likely N-dealkylation sites (tertiary alicyclic amines) is 1. The van der Waals surface area contributed by atoms with Crippen molar-refractivity contribution in [3.63, 3.8) is 0 Å². The molecule has 7 heteroatoms. The number of hydrogen-bond donors (Lipinski definition) is 1. The fourth-order valence-corrected chi connectivity index (χ4v) is 4.38. The topological polar surface area (TPSA) is 57.2 Å². The van der Waals surface area contributed by atoms with Gasteiger partial charge in [-0.2, -0.15) is 0 Å². The van der Waals surface area contributed by atoms with Crippen LogP contribution in [0.5, 0.6) is 0 Å². The number of aromatic nitrogens is 3. The van der Waals surface area contributed by atoms with Crippen molar-refractivity contribution in [3.8, 4) is 0 Å². The van der Waals surface area contributed by atoms with E-state index in [0.717, 1.165) is 50.0 Å². The van der Waals surface area contributed by atoms with E-state index < -0.39 is 0 Å². The van der Waals surface area contributed by atoms with Crippen molar-refractivity contribution >= 4 is 23.0 Å². The highest BCUT2D eigenvalue weighted by Gasteiger charge is 2.27. The molecule has 2 fully saturated rings. The first kappa shape index (κ1) is 16.7. The van der Waals surface area contributed by atoms with Crippen LogP contribution in [0.3, 0.4) is 0 Å². The van der Waals surface area contributed by atoms with Gasteiger partial charge >= 0.3 is 0 Å². The molecular formula is C18H26N6S. The van der Waals surface area contributed by atoms with Gasteiger partial charge in [0, 0.05) is 62.8 Å². The lowest BCUT2D eigenvalue weighted by atomic mass is 10.1. The van der Waals surface area contributed by atoms with Gasteiger partial charge in [0.25, 0.3) is 0 Å². The summed E-state index contributed by atoms with van der Waals surface area (Å²) in [6, 6.07) is 2.51. The molecule has 134 valence electrons. The van der Waals surface area contributed by atoms with E-state index in [9.17, 15) is 0 Å². The maximum Gasteiger partial charge on any atom is 0.133 e. The van der Waals surface area contributed by atoms with Crippen molar-refractivity contribution in [2.75, 3.05) is 37.4 Å². The van der Waals surface area contributed by atoms with E-state index in [0.29, 0.717) is 6.04 Å². The Balaban J connectivity index is 1.27. The van der Waals surface area contributed by atoms with Gasteiger partial charge in [-0.3, -0.25) is 4.90 Å². The second-order valence-corrected chi connectivity index (χ2v) is 8.44. The first-order chi connectivity index (χ1) is 12.2. The molecule has 6 nitrogen and oxygen atoms in total. The summed E-state index contributed by atoms with van der Waals surface area (Å²) in [6.45, 7) is 3.30. The predicted octanol–water partition coefficient (Wildman–Crippen LogP) is 2.95. The second-order valence-electron chi connectivity index (χ2n) is 7.29. The molecule has 1 saturated carbocycles. The molecule has 25 heavy (non-hydrogen) atoms. The zero-order chi connectivity index (χ0) is 17.2. The van der Waals surface area contributed by atoms with Gasteiger partial charge in [0.15, 0.2) is 0 Å². The third kappa shape index (κ3) is 4.27. The molecule has 3 heterocycles. The molecule has 1 N–H and O–H groups in total. The lowest BCUT2D eigenvalue weighted by molar-refractivity contribution is 0.213. The summed E-state index contributed by atoms with van der Waals surface area (Å²) in [5, 5.41) is 4.93. The summed E-state index contributed by atoms with van der Waals surface area (Å²) in [5.41, 5.74) is 0. The fraction of sp³-hybridized carbons (Fsp3) is 0.611. The number of anilines is 2. The molecule has 0 spiro atoms. The largest absolute Gasteiger partial charge is 0.367 e. The van der Waals surface area contributed by atoms with E-state index in [1.165, 1.54) is 22.7 Å². The Morgan fingerprint density at radius 2 is 1.96 bits per heavy atom. The van der Waals surface area contributed by atoms with Gasteiger partial charge in [-0.15, -0.1) is 11.3 Å². The number of piperidine rings is 1. The standard InChI is InChI=1S/C18H26N6S/c1-23(2)17-9-16(20-12-21-17)22-14-5-7-24(8-6-14)11-15-10-19-18(25-15)13-3-4-13/h9-10,12-14H,3-8,11H2,1-2H3,(H,20,21,22). The molecule has 0 atom stereocenters. The minimum atomic E-state index is 0.490. The van der Waals surface area contributed by atoms with Gasteiger partial charge in [0.2, 0.25) is 0 Å². The zero-order valence-corrected chi connectivity index (χ0v) is 15.8. The van der Waals surface area contributed by atoms with E-state index in [1.54, 1.807) is 6.33 Å². The molecule has 0 aromatic carbocycles. The minimum Gasteiger partial charge on any atom is -0.367 e. The summed E-state index contributed by atoms with van der Waals surface area (Å²) >= 11 is 1.91. The average Bonchev–Trinajstić information content (AvgIpc) is 3.37. The van der Waals surface area contributed by atoms with E-state index in [4.69, 9.17) is 0 Å². The molecule has 2 aromatic rings. The van der Waals surface area contributed by atoms with Gasteiger partial charge in [0.1, 0.15) is 18.0 Å². The molecule has 0 bridgehead atoms. The monoisotopic (exact) mass is 358 g/mol. The summed E-state index contributed by atoms with van der Waals surface area (Å²) in [6.07, 6.45) is 8.69. The Morgan fingerprint density at radius 1 is 1.16 bits per heavy atom. The normalized spacial score (nSPS) is 19.1.